The summed E-state index contributed by atoms with van der Waals surface area (Å²) < 4.78 is 39.9. The number of halogens is 2. The average molecular weight is 545 g/mol. The third kappa shape index (κ3) is 5.16. The van der Waals surface area contributed by atoms with Crippen LogP contribution in [0.5, 0.6) is 0 Å². The molecule has 3 fully saturated rings. The summed E-state index contributed by atoms with van der Waals surface area (Å²) >= 11 is 0. The van der Waals surface area contributed by atoms with Crippen molar-refractivity contribution in [2.45, 2.75) is 50.6 Å². The molecule has 2 aliphatic carbocycles. The van der Waals surface area contributed by atoms with E-state index in [9.17, 15) is 18.4 Å². The molecule has 1 saturated heterocycles. The van der Waals surface area contributed by atoms with E-state index in [0.717, 1.165) is 30.6 Å². The molecule has 14 heteroatoms. The number of urea groups is 1. The first kappa shape index (κ1) is 25.6. The van der Waals surface area contributed by atoms with Crippen molar-refractivity contribution in [1.29, 1.82) is 0 Å². The number of aromatic nitrogens is 5. The maximum atomic E-state index is 14.2. The normalized spacial score (nSPS) is 20.7. The zero-order valence-corrected chi connectivity index (χ0v) is 21.6. The van der Waals surface area contributed by atoms with Crippen LogP contribution in [0.2, 0.25) is 0 Å². The lowest BCUT2D eigenvalue weighted by Gasteiger charge is -2.38. The molecule has 0 bridgehead atoms. The number of carbonyl (C=O) groups excluding carboxylic acids is 2. The van der Waals surface area contributed by atoms with Crippen LogP contribution in [0.4, 0.5) is 13.6 Å². The Labute approximate surface area is 222 Å². The number of rotatable bonds is 10. The monoisotopic (exact) mass is 544 g/mol. The van der Waals surface area contributed by atoms with Crippen LogP contribution >= 0.6 is 0 Å². The maximum absolute atomic E-state index is 14.2. The number of fused-ring (bicyclic) bond motifs is 1. The van der Waals surface area contributed by atoms with E-state index in [4.69, 9.17) is 14.3 Å². The van der Waals surface area contributed by atoms with Gasteiger partial charge in [-0.25, -0.2) is 27.7 Å². The number of methoxy groups -OCH3 is 1. The number of hydrogen-bond acceptors (Lipinski definition) is 8. The molecule has 2 saturated carbocycles. The third-order valence-electron chi connectivity index (χ3n) is 7.80. The first-order valence-corrected chi connectivity index (χ1v) is 13.1. The second-order valence-electron chi connectivity index (χ2n) is 10.8. The van der Waals surface area contributed by atoms with E-state index in [2.05, 4.69) is 26.0 Å². The highest BCUT2D eigenvalue weighted by atomic mass is 19.3. The molecular formula is C25H30F2N8O4. The molecule has 39 heavy (non-hydrogen) atoms. The van der Waals surface area contributed by atoms with Crippen molar-refractivity contribution in [1.82, 2.24) is 40.4 Å². The lowest BCUT2D eigenvalue weighted by molar-refractivity contribution is -0.0509. The minimum absolute atomic E-state index is 0.00409. The number of imidazole rings is 1. The van der Waals surface area contributed by atoms with E-state index >= 15 is 0 Å². The summed E-state index contributed by atoms with van der Waals surface area (Å²) in [5.74, 6) is -2.23. The molecule has 12 nitrogen and oxygen atoms in total. The number of alkyl halides is 2. The Morgan fingerprint density at radius 2 is 2.03 bits per heavy atom. The van der Waals surface area contributed by atoms with Crippen molar-refractivity contribution in [3.05, 3.63) is 41.1 Å². The Kier molecular flexibility index (Phi) is 6.44. The van der Waals surface area contributed by atoms with Gasteiger partial charge in [-0.1, -0.05) is 5.16 Å². The second kappa shape index (κ2) is 9.81. The average Bonchev–Trinajstić information content (AvgIpc) is 3.83. The molecule has 3 aromatic rings. The largest absolute Gasteiger partial charge is 0.382 e. The molecule has 2 atom stereocenters. The molecule has 208 valence electrons. The fraction of sp³-hybridized carbons (Fsp3) is 0.600. The van der Waals surface area contributed by atoms with E-state index in [1.54, 1.807) is 23.7 Å². The van der Waals surface area contributed by atoms with E-state index < -0.39 is 31.1 Å². The molecule has 2 N–H and O–H groups in total. The Morgan fingerprint density at radius 3 is 2.67 bits per heavy atom. The Morgan fingerprint density at radius 1 is 1.28 bits per heavy atom. The van der Waals surface area contributed by atoms with Crippen LogP contribution in [-0.2, 0) is 4.74 Å². The third-order valence-corrected chi connectivity index (χ3v) is 7.80. The highest BCUT2D eigenvalue weighted by Crippen LogP contribution is 2.54. The fourth-order valence-electron chi connectivity index (χ4n) is 5.61. The summed E-state index contributed by atoms with van der Waals surface area (Å²) in [6, 6.07) is -0.0413. The number of aryl methyl sites for hydroxylation is 1. The SMILES string of the molecule is COC[C@H](c1cnn2cc([C@@H](NC(=O)c3nonc3C)C(C3CC3)C3CC3)nc2c1)N1CC(F)(F)CNC1=O. The Hall–Kier alpha value is -3.68. The van der Waals surface area contributed by atoms with Crippen molar-refractivity contribution >= 4 is 17.6 Å². The van der Waals surface area contributed by atoms with Crippen LogP contribution in [0.15, 0.2) is 23.1 Å². The van der Waals surface area contributed by atoms with Gasteiger partial charge in [0.2, 0.25) is 0 Å². The van der Waals surface area contributed by atoms with Crippen LogP contribution in [0.1, 0.15) is 65.2 Å². The van der Waals surface area contributed by atoms with Crippen LogP contribution in [-0.4, -0.2) is 74.5 Å². The number of nitrogens with one attached hydrogen (secondary N) is 2. The number of amides is 3. The van der Waals surface area contributed by atoms with Crippen molar-refractivity contribution in [3.63, 3.8) is 0 Å². The van der Waals surface area contributed by atoms with Gasteiger partial charge in [0.25, 0.3) is 11.8 Å². The highest BCUT2D eigenvalue weighted by molar-refractivity contribution is 5.93. The summed E-state index contributed by atoms with van der Waals surface area (Å²) in [5, 5.41) is 17.3. The summed E-state index contributed by atoms with van der Waals surface area (Å²) in [4.78, 5) is 31.5. The predicted molar refractivity (Wildman–Crippen MR) is 131 cm³/mol. The molecule has 3 aliphatic rings. The van der Waals surface area contributed by atoms with Gasteiger partial charge in [0.05, 0.1) is 49.9 Å². The minimum atomic E-state index is -3.07. The van der Waals surface area contributed by atoms with Crippen LogP contribution < -0.4 is 10.6 Å². The standard InChI is InChI=1S/C25H30F2N8O4/c1-13-21(33-39-32-13)23(36)31-22(20(14-3-4-14)15-5-6-15)17-9-35-19(30-17)7-16(8-29-35)18(10-38-2)34-12-25(26,27)11-28-24(34)37/h7-9,14-15,18,20,22H,3-6,10-12H2,1-2H3,(H,28,37)(H,31,36)/t18-,22-/m1/s1. The van der Waals surface area contributed by atoms with Crippen molar-refractivity contribution in [2.24, 2.45) is 17.8 Å². The van der Waals surface area contributed by atoms with Gasteiger partial charge in [-0.3, -0.25) is 4.79 Å². The van der Waals surface area contributed by atoms with Gasteiger partial charge >= 0.3 is 6.03 Å². The molecule has 0 aromatic carbocycles. The Balaban J connectivity index is 1.33. The lowest BCUT2D eigenvalue weighted by atomic mass is 9.87. The molecule has 4 heterocycles. The topological polar surface area (TPSA) is 140 Å². The van der Waals surface area contributed by atoms with E-state index in [1.165, 1.54) is 13.3 Å². The zero-order valence-electron chi connectivity index (χ0n) is 21.6. The molecule has 0 spiro atoms. The highest BCUT2D eigenvalue weighted by Gasteiger charge is 2.47. The van der Waals surface area contributed by atoms with Crippen molar-refractivity contribution in [2.75, 3.05) is 26.8 Å². The van der Waals surface area contributed by atoms with Crippen LogP contribution in [0, 0.1) is 24.7 Å². The molecule has 3 amide bonds. The van der Waals surface area contributed by atoms with E-state index in [-0.39, 0.29) is 30.2 Å². The van der Waals surface area contributed by atoms with Gasteiger partial charge in [0, 0.05) is 12.7 Å². The van der Waals surface area contributed by atoms with Crippen molar-refractivity contribution < 1.29 is 27.7 Å². The Bertz CT molecular complexity index is 1370. The van der Waals surface area contributed by atoms with Gasteiger partial charge in [0.15, 0.2) is 11.3 Å². The molecule has 0 unspecified atom stereocenters. The predicted octanol–water partition coefficient (Wildman–Crippen LogP) is 2.68. The first-order valence-electron chi connectivity index (χ1n) is 13.1. The summed E-state index contributed by atoms with van der Waals surface area (Å²) in [6.45, 7) is 0.227. The minimum Gasteiger partial charge on any atom is -0.382 e. The van der Waals surface area contributed by atoms with Gasteiger partial charge in [0.1, 0.15) is 5.69 Å². The van der Waals surface area contributed by atoms with Crippen LogP contribution in [0.3, 0.4) is 0 Å². The quantitative estimate of drug-likeness (QED) is 0.397. The molecule has 3 aromatic heterocycles. The number of carbonyl (C=O) groups is 2. The summed E-state index contributed by atoms with van der Waals surface area (Å²) in [7, 11) is 1.45. The fourth-order valence-corrected chi connectivity index (χ4v) is 5.61. The first-order chi connectivity index (χ1) is 18.7. The van der Waals surface area contributed by atoms with Gasteiger partial charge < -0.3 is 20.3 Å². The molecule has 6 rings (SSSR count). The summed E-state index contributed by atoms with van der Waals surface area (Å²) in [5.41, 5.74) is 2.17. The van der Waals surface area contributed by atoms with Crippen LogP contribution in [0.25, 0.3) is 5.65 Å². The van der Waals surface area contributed by atoms with Crippen molar-refractivity contribution in [3.8, 4) is 0 Å². The number of hydrogen-bond donors (Lipinski definition) is 2. The zero-order chi connectivity index (χ0) is 27.3. The van der Waals surface area contributed by atoms with E-state index in [0.29, 0.717) is 34.4 Å². The maximum Gasteiger partial charge on any atom is 0.318 e. The molecule has 0 radical (unpaired) electrons. The lowest BCUT2D eigenvalue weighted by Crippen LogP contribution is -2.58. The number of ether oxygens (including phenoxy) is 1. The molecule has 1 aliphatic heterocycles. The van der Waals surface area contributed by atoms with Gasteiger partial charge in [-0.2, -0.15) is 5.10 Å². The second-order valence-corrected chi connectivity index (χ2v) is 10.8. The summed E-state index contributed by atoms with van der Waals surface area (Å²) in [6.07, 6.45) is 7.73. The van der Waals surface area contributed by atoms with Gasteiger partial charge in [-0.15, -0.1) is 0 Å². The smallest absolute Gasteiger partial charge is 0.318 e. The van der Waals surface area contributed by atoms with E-state index in [1.807, 2.05) is 0 Å². The van der Waals surface area contributed by atoms with Gasteiger partial charge in [-0.05, 0) is 61.6 Å². The molecular weight excluding hydrogens is 514 g/mol. The number of nitrogens with zero attached hydrogens (tertiary/aromatic N) is 6.